The highest BCUT2D eigenvalue weighted by atomic mass is 35.5. The molecule has 3 nitrogen and oxygen atoms in total. The molecule has 2 rings (SSSR count). The van der Waals surface area contributed by atoms with Crippen LogP contribution in [0.3, 0.4) is 0 Å². The first-order valence-corrected chi connectivity index (χ1v) is 5.98. The summed E-state index contributed by atoms with van der Waals surface area (Å²) in [6.07, 6.45) is 5.30. The number of anilines is 1. The molecule has 4 heteroatoms. The smallest absolute Gasteiger partial charge is 0.105 e. The third kappa shape index (κ3) is 2.61. The summed E-state index contributed by atoms with van der Waals surface area (Å²) in [7, 11) is 2.04. The van der Waals surface area contributed by atoms with Crippen LogP contribution in [-0.4, -0.2) is 12.0 Å². The summed E-state index contributed by atoms with van der Waals surface area (Å²) in [5.74, 6) is 1.43. The van der Waals surface area contributed by atoms with E-state index in [1.165, 1.54) is 5.56 Å². The van der Waals surface area contributed by atoms with Crippen LogP contribution in [0.1, 0.15) is 16.9 Å². The van der Waals surface area contributed by atoms with E-state index in [9.17, 15) is 0 Å². The molecule has 0 aliphatic rings. The van der Waals surface area contributed by atoms with Crippen LogP contribution in [0.2, 0.25) is 0 Å². The third-order valence-corrected chi connectivity index (χ3v) is 3.09. The van der Waals surface area contributed by atoms with E-state index in [1.54, 1.807) is 18.7 Å². The first-order valence-electron chi connectivity index (χ1n) is 5.45. The minimum absolute atomic E-state index is 0.470. The van der Waals surface area contributed by atoms with E-state index in [-0.39, 0.29) is 0 Å². The molecule has 2 heterocycles. The monoisotopic (exact) mass is 250 g/mol. The van der Waals surface area contributed by atoms with Crippen LogP contribution in [-0.2, 0) is 12.4 Å². The van der Waals surface area contributed by atoms with E-state index < -0.39 is 0 Å². The molecule has 0 spiro atoms. The molecular weight excluding hydrogens is 236 g/mol. The lowest BCUT2D eigenvalue weighted by atomic mass is 10.2. The number of hydrogen-bond donors (Lipinski definition) is 0. The van der Waals surface area contributed by atoms with Crippen molar-refractivity contribution >= 4 is 17.3 Å². The van der Waals surface area contributed by atoms with Gasteiger partial charge in [-0.1, -0.05) is 0 Å². The highest BCUT2D eigenvalue weighted by molar-refractivity contribution is 6.17. The molecule has 0 radical (unpaired) electrons. The Morgan fingerprint density at radius 2 is 2.18 bits per heavy atom. The number of aromatic nitrogens is 1. The van der Waals surface area contributed by atoms with Gasteiger partial charge in [0.1, 0.15) is 5.76 Å². The van der Waals surface area contributed by atoms with Crippen LogP contribution >= 0.6 is 11.6 Å². The SMILES string of the molecule is Cc1occc1CN(C)c1ccncc1CCl. The van der Waals surface area contributed by atoms with Crippen LogP contribution in [0.5, 0.6) is 0 Å². The average molecular weight is 251 g/mol. The maximum Gasteiger partial charge on any atom is 0.105 e. The first kappa shape index (κ1) is 12.0. The summed E-state index contributed by atoms with van der Waals surface area (Å²) in [6, 6.07) is 3.97. The Bertz CT molecular complexity index is 496. The van der Waals surface area contributed by atoms with Crippen molar-refractivity contribution in [3.8, 4) is 0 Å². The van der Waals surface area contributed by atoms with Gasteiger partial charge in [0.2, 0.25) is 0 Å². The van der Waals surface area contributed by atoms with E-state index in [1.807, 2.05) is 26.1 Å². The molecule has 0 bridgehead atoms. The van der Waals surface area contributed by atoms with E-state index >= 15 is 0 Å². The second-order valence-corrected chi connectivity index (χ2v) is 4.26. The minimum Gasteiger partial charge on any atom is -0.469 e. The van der Waals surface area contributed by atoms with Gasteiger partial charge < -0.3 is 9.32 Å². The van der Waals surface area contributed by atoms with Crippen molar-refractivity contribution < 1.29 is 4.42 Å². The van der Waals surface area contributed by atoms with E-state index in [4.69, 9.17) is 16.0 Å². The van der Waals surface area contributed by atoms with Gasteiger partial charge in [0, 0.05) is 42.8 Å². The van der Waals surface area contributed by atoms with Crippen molar-refractivity contribution in [2.75, 3.05) is 11.9 Å². The fourth-order valence-electron chi connectivity index (χ4n) is 1.81. The van der Waals surface area contributed by atoms with Gasteiger partial charge in [-0.15, -0.1) is 11.6 Å². The number of halogens is 1. The predicted molar refractivity (Wildman–Crippen MR) is 69.3 cm³/mol. The van der Waals surface area contributed by atoms with Crippen molar-refractivity contribution in [3.63, 3.8) is 0 Å². The number of furan rings is 1. The quantitative estimate of drug-likeness (QED) is 0.780. The Morgan fingerprint density at radius 1 is 1.35 bits per heavy atom. The third-order valence-electron chi connectivity index (χ3n) is 2.81. The van der Waals surface area contributed by atoms with Crippen molar-refractivity contribution in [3.05, 3.63) is 47.7 Å². The highest BCUT2D eigenvalue weighted by Crippen LogP contribution is 2.22. The Morgan fingerprint density at radius 3 is 2.82 bits per heavy atom. The molecule has 0 aromatic carbocycles. The van der Waals surface area contributed by atoms with E-state index in [0.717, 1.165) is 23.6 Å². The average Bonchev–Trinajstić information content (AvgIpc) is 2.75. The first-order chi connectivity index (χ1) is 8.22. The molecular formula is C13H15ClN2O. The zero-order chi connectivity index (χ0) is 12.3. The van der Waals surface area contributed by atoms with Gasteiger partial charge in [0.15, 0.2) is 0 Å². The highest BCUT2D eigenvalue weighted by Gasteiger charge is 2.09. The molecule has 0 saturated heterocycles. The second-order valence-electron chi connectivity index (χ2n) is 4.00. The van der Waals surface area contributed by atoms with Crippen LogP contribution in [0.15, 0.2) is 35.2 Å². The molecule has 0 N–H and O–H groups in total. The molecule has 0 unspecified atom stereocenters. The van der Waals surface area contributed by atoms with Crippen LogP contribution in [0.4, 0.5) is 5.69 Å². The predicted octanol–water partition coefficient (Wildman–Crippen LogP) is 3.36. The molecule has 0 aliphatic carbocycles. The zero-order valence-electron chi connectivity index (χ0n) is 9.98. The Kier molecular flexibility index (Phi) is 3.69. The van der Waals surface area contributed by atoms with Gasteiger partial charge in [-0.3, -0.25) is 4.98 Å². The summed E-state index contributed by atoms with van der Waals surface area (Å²) >= 11 is 5.90. The van der Waals surface area contributed by atoms with Gasteiger partial charge in [-0.2, -0.15) is 0 Å². The lowest BCUT2D eigenvalue weighted by Crippen LogP contribution is -2.18. The molecule has 90 valence electrons. The van der Waals surface area contributed by atoms with Crippen molar-refractivity contribution in [2.24, 2.45) is 0 Å². The number of aryl methyl sites for hydroxylation is 1. The summed E-state index contributed by atoms with van der Waals surface area (Å²) in [4.78, 5) is 6.23. The second kappa shape index (κ2) is 5.23. The maximum absolute atomic E-state index is 5.90. The fraction of sp³-hybridized carbons (Fsp3) is 0.308. The van der Waals surface area contributed by atoms with Gasteiger partial charge in [-0.05, 0) is 19.1 Å². The fourth-order valence-corrected chi connectivity index (χ4v) is 2.02. The number of rotatable bonds is 4. The number of hydrogen-bond acceptors (Lipinski definition) is 3. The van der Waals surface area contributed by atoms with Gasteiger partial charge >= 0.3 is 0 Å². The standard InChI is InChI=1S/C13H15ClN2O/c1-10-11(4-6-17-10)9-16(2)13-3-5-15-8-12(13)7-14/h3-6,8H,7,9H2,1-2H3. The van der Waals surface area contributed by atoms with Crippen LogP contribution < -0.4 is 4.90 Å². The largest absolute Gasteiger partial charge is 0.469 e. The lowest BCUT2D eigenvalue weighted by molar-refractivity contribution is 0.529. The van der Waals surface area contributed by atoms with Crippen molar-refractivity contribution in [2.45, 2.75) is 19.3 Å². The van der Waals surface area contributed by atoms with Crippen molar-refractivity contribution in [1.29, 1.82) is 0 Å². The van der Waals surface area contributed by atoms with Crippen molar-refractivity contribution in [1.82, 2.24) is 4.98 Å². The molecule has 2 aromatic rings. The summed E-state index contributed by atoms with van der Waals surface area (Å²) < 4.78 is 5.29. The Hall–Kier alpha value is -1.48. The van der Waals surface area contributed by atoms with Gasteiger partial charge in [0.25, 0.3) is 0 Å². The summed E-state index contributed by atoms with van der Waals surface area (Å²) in [5.41, 5.74) is 3.33. The zero-order valence-corrected chi connectivity index (χ0v) is 10.7. The summed E-state index contributed by atoms with van der Waals surface area (Å²) in [5, 5.41) is 0. The molecule has 0 saturated carbocycles. The van der Waals surface area contributed by atoms with E-state index in [0.29, 0.717) is 5.88 Å². The molecule has 0 fully saturated rings. The molecule has 0 atom stereocenters. The molecule has 17 heavy (non-hydrogen) atoms. The molecule has 0 amide bonds. The molecule has 0 aliphatic heterocycles. The van der Waals surface area contributed by atoms with Gasteiger partial charge in [-0.25, -0.2) is 0 Å². The molecule has 2 aromatic heterocycles. The lowest BCUT2D eigenvalue weighted by Gasteiger charge is -2.21. The normalized spacial score (nSPS) is 10.5. The minimum atomic E-state index is 0.470. The number of alkyl halides is 1. The Balaban J connectivity index is 2.20. The summed E-state index contributed by atoms with van der Waals surface area (Å²) in [6.45, 7) is 2.77. The van der Waals surface area contributed by atoms with Crippen LogP contribution in [0, 0.1) is 6.92 Å². The van der Waals surface area contributed by atoms with E-state index in [2.05, 4.69) is 9.88 Å². The van der Waals surface area contributed by atoms with Crippen LogP contribution in [0.25, 0.3) is 0 Å². The number of nitrogens with zero attached hydrogens (tertiary/aromatic N) is 2. The maximum atomic E-state index is 5.90. The topological polar surface area (TPSA) is 29.3 Å². The van der Waals surface area contributed by atoms with Gasteiger partial charge in [0.05, 0.1) is 12.1 Å². The number of pyridine rings is 1. The Labute approximate surface area is 106 Å².